The zero-order valence-electron chi connectivity index (χ0n) is 11.9. The fourth-order valence-electron chi connectivity index (χ4n) is 0.876. The minimum absolute atomic E-state index is 0.0528. The summed E-state index contributed by atoms with van der Waals surface area (Å²) in [4.78, 5) is 11.0. The Hall–Kier alpha value is -1.42. The van der Waals surface area contributed by atoms with E-state index in [0.29, 0.717) is 0 Å². The number of rotatable bonds is 3. The Morgan fingerprint density at radius 1 is 1.86 bits per heavy atom. The number of aromatic carboxylic acids is 1. The van der Waals surface area contributed by atoms with Crippen molar-refractivity contribution in [3.63, 3.8) is 0 Å². The molecule has 0 fully saturated rings. The molecule has 0 aliphatic heterocycles. The van der Waals surface area contributed by atoms with Crippen LogP contribution in [0.5, 0.6) is 5.75 Å². The van der Waals surface area contributed by atoms with Crippen molar-refractivity contribution < 1.29 is 21.5 Å². The van der Waals surface area contributed by atoms with Crippen molar-refractivity contribution in [3.05, 3.63) is 22.7 Å². The summed E-state index contributed by atoms with van der Waals surface area (Å²) in [6.45, 7) is -6.14. The van der Waals surface area contributed by atoms with Crippen LogP contribution >= 0.6 is 11.6 Å². The molecule has 0 saturated carbocycles. The molecule has 0 saturated heterocycles. The Kier molecular flexibility index (Phi) is 1.64. The van der Waals surface area contributed by atoms with Crippen LogP contribution in [0.4, 0.5) is 5.69 Å². The van der Waals surface area contributed by atoms with Crippen LogP contribution in [-0.2, 0) is 0 Å². The lowest BCUT2D eigenvalue weighted by Crippen LogP contribution is -2.04. The van der Waals surface area contributed by atoms with Gasteiger partial charge in [-0.15, -0.1) is 0 Å². The lowest BCUT2D eigenvalue weighted by Gasteiger charge is -2.08. The maximum atomic E-state index is 11.0. The first-order valence-corrected chi connectivity index (χ1v) is 3.85. The van der Waals surface area contributed by atoms with Gasteiger partial charge in [0.1, 0.15) is 11.3 Å². The van der Waals surface area contributed by atoms with Crippen molar-refractivity contribution in [3.8, 4) is 5.75 Å². The summed E-state index contributed by atoms with van der Waals surface area (Å²) in [6.07, 6.45) is 0. The predicted molar refractivity (Wildman–Crippen MR) is 54.0 cm³/mol. The molecule has 0 spiro atoms. The maximum absolute atomic E-state index is 11.0. The molecule has 0 amide bonds. The van der Waals surface area contributed by atoms with E-state index in [-0.39, 0.29) is 10.7 Å². The maximum Gasteiger partial charge on any atom is 0.339 e. The summed E-state index contributed by atoms with van der Waals surface area (Å²) < 4.78 is 40.2. The van der Waals surface area contributed by atoms with Crippen LogP contribution in [-0.4, -0.2) is 17.6 Å². The van der Waals surface area contributed by atoms with E-state index in [9.17, 15) is 4.79 Å². The molecule has 0 radical (unpaired) electrons. The second-order valence-corrected chi connectivity index (χ2v) is 2.79. The lowest BCUT2D eigenvalue weighted by atomic mass is 10.2. The highest BCUT2D eigenvalue weighted by Crippen LogP contribution is 2.28. The molecule has 0 aliphatic carbocycles. The van der Waals surface area contributed by atoms with E-state index in [0.717, 1.165) is 12.1 Å². The Labute approximate surface area is 93.3 Å². The van der Waals surface area contributed by atoms with Gasteiger partial charge in [0.2, 0.25) is 0 Å². The summed E-state index contributed by atoms with van der Waals surface area (Å²) in [5, 5.41) is 8.88. The van der Waals surface area contributed by atoms with Crippen molar-refractivity contribution in [2.24, 2.45) is 0 Å². The molecule has 3 N–H and O–H groups in total. The largest absolute Gasteiger partial charge is 0.493 e. The average Bonchev–Trinajstić information content (AvgIpc) is 2.20. The third-order valence-electron chi connectivity index (χ3n) is 1.49. The van der Waals surface area contributed by atoms with Gasteiger partial charge in [0.05, 0.1) is 20.0 Å². The van der Waals surface area contributed by atoms with Crippen molar-refractivity contribution >= 4 is 23.3 Å². The highest BCUT2D eigenvalue weighted by Gasteiger charge is 2.13. The molecule has 0 bridgehead atoms. The standard InChI is InChI=1S/C9H10ClNO3/c1-2-14-8-4-7(11)6(10)3-5(8)9(12)13/h3-4H,2,11H2,1H3,(H,12,13)/i1D3,2D2. The molecule has 0 atom stereocenters. The van der Waals surface area contributed by atoms with E-state index in [4.69, 9.17) is 29.3 Å². The van der Waals surface area contributed by atoms with E-state index in [1.54, 1.807) is 0 Å². The first-order chi connectivity index (χ1) is 8.45. The molecule has 1 aromatic rings. The number of nitrogen functional groups attached to an aromatic ring is 1. The van der Waals surface area contributed by atoms with Crippen LogP contribution in [0.3, 0.4) is 0 Å². The van der Waals surface area contributed by atoms with Crippen molar-refractivity contribution in [2.75, 3.05) is 12.3 Å². The molecule has 0 aromatic heterocycles. The van der Waals surface area contributed by atoms with Crippen molar-refractivity contribution in [2.45, 2.75) is 6.85 Å². The van der Waals surface area contributed by atoms with Gasteiger partial charge in [-0.2, -0.15) is 0 Å². The zero-order valence-corrected chi connectivity index (χ0v) is 7.63. The SMILES string of the molecule is [2H]C([2H])([2H])C([2H])([2H])Oc1cc(N)c(Cl)cc1C(=O)O. The van der Waals surface area contributed by atoms with E-state index in [1.807, 2.05) is 0 Å². The first-order valence-electron chi connectivity index (χ1n) is 5.97. The molecule has 4 nitrogen and oxygen atoms in total. The minimum atomic E-state index is -3.09. The number of carbonyl (C=O) groups is 1. The van der Waals surface area contributed by atoms with Crippen molar-refractivity contribution in [1.29, 1.82) is 0 Å². The number of carboxylic acid groups (broad SMARTS) is 1. The second-order valence-electron chi connectivity index (χ2n) is 2.38. The summed E-state index contributed by atoms with van der Waals surface area (Å²) in [7, 11) is 0. The number of hydrogen-bond donors (Lipinski definition) is 2. The Morgan fingerprint density at radius 3 is 3.14 bits per heavy atom. The quantitative estimate of drug-likeness (QED) is 0.765. The van der Waals surface area contributed by atoms with Crippen LogP contribution in [0.2, 0.25) is 5.02 Å². The normalized spacial score (nSPS) is 17.1. The predicted octanol–water partition coefficient (Wildman–Crippen LogP) is 2.02. The molecule has 0 heterocycles. The molecule has 0 unspecified atom stereocenters. The minimum Gasteiger partial charge on any atom is -0.493 e. The molecule has 0 aliphatic rings. The van der Waals surface area contributed by atoms with E-state index in [1.165, 1.54) is 0 Å². The summed E-state index contributed by atoms with van der Waals surface area (Å²) >= 11 is 5.64. The Bertz CT molecular complexity index is 517. The molecule has 1 rings (SSSR count). The molecule has 76 valence electrons. The van der Waals surface area contributed by atoms with Crippen LogP contribution in [0, 0.1) is 0 Å². The van der Waals surface area contributed by atoms with Crippen LogP contribution < -0.4 is 10.5 Å². The smallest absolute Gasteiger partial charge is 0.339 e. The van der Waals surface area contributed by atoms with Gasteiger partial charge in [-0.05, 0) is 12.9 Å². The number of carboxylic acids is 1. The number of ether oxygens (including phenoxy) is 1. The van der Waals surface area contributed by atoms with Gasteiger partial charge in [-0.1, -0.05) is 11.6 Å². The topological polar surface area (TPSA) is 72.5 Å². The second kappa shape index (κ2) is 4.19. The fourth-order valence-corrected chi connectivity index (χ4v) is 1.04. The van der Waals surface area contributed by atoms with Gasteiger partial charge in [0.25, 0.3) is 0 Å². The van der Waals surface area contributed by atoms with E-state index in [2.05, 4.69) is 4.74 Å². The number of hydrogen-bond acceptors (Lipinski definition) is 3. The van der Waals surface area contributed by atoms with E-state index >= 15 is 0 Å². The molecule has 5 heteroatoms. The highest BCUT2D eigenvalue weighted by atomic mass is 35.5. The van der Waals surface area contributed by atoms with Gasteiger partial charge in [-0.25, -0.2) is 4.79 Å². The Balaban J connectivity index is 3.28. The van der Waals surface area contributed by atoms with Gasteiger partial charge < -0.3 is 15.6 Å². The van der Waals surface area contributed by atoms with Gasteiger partial charge in [0.15, 0.2) is 0 Å². The number of anilines is 1. The fraction of sp³-hybridized carbons (Fsp3) is 0.222. The average molecular weight is 221 g/mol. The van der Waals surface area contributed by atoms with Crippen molar-refractivity contribution in [1.82, 2.24) is 0 Å². The first kappa shape index (κ1) is 5.46. The summed E-state index contributed by atoms with van der Waals surface area (Å²) in [5.41, 5.74) is 4.92. The lowest BCUT2D eigenvalue weighted by molar-refractivity contribution is 0.0692. The monoisotopic (exact) mass is 220 g/mol. The molecular formula is C9H10ClNO3. The van der Waals surface area contributed by atoms with Gasteiger partial charge in [-0.3, -0.25) is 0 Å². The molecular weight excluding hydrogens is 206 g/mol. The third kappa shape index (κ3) is 2.09. The van der Waals surface area contributed by atoms with Gasteiger partial charge >= 0.3 is 5.97 Å². The zero-order chi connectivity index (χ0) is 15.0. The molecule has 14 heavy (non-hydrogen) atoms. The summed E-state index contributed by atoms with van der Waals surface area (Å²) in [5.74, 6) is -1.95. The highest BCUT2D eigenvalue weighted by molar-refractivity contribution is 6.33. The number of benzene rings is 1. The van der Waals surface area contributed by atoms with Crippen LogP contribution in [0.1, 0.15) is 24.1 Å². The van der Waals surface area contributed by atoms with Gasteiger partial charge in [0, 0.05) is 10.2 Å². The van der Waals surface area contributed by atoms with Crippen LogP contribution in [0.25, 0.3) is 0 Å². The number of nitrogens with two attached hydrogens (primary N) is 1. The molecule has 1 aromatic carbocycles. The third-order valence-corrected chi connectivity index (χ3v) is 1.82. The van der Waals surface area contributed by atoms with Crippen LogP contribution in [0.15, 0.2) is 12.1 Å². The Morgan fingerprint density at radius 2 is 2.57 bits per heavy atom. The number of halogens is 1. The van der Waals surface area contributed by atoms with E-state index < -0.39 is 30.7 Å². The summed E-state index contributed by atoms with van der Waals surface area (Å²) in [6, 6.07) is 1.93.